The van der Waals surface area contributed by atoms with Crippen molar-refractivity contribution in [2.24, 2.45) is 7.05 Å². The number of alkyl halides is 2. The van der Waals surface area contributed by atoms with Gasteiger partial charge in [-0.1, -0.05) is 36.4 Å². The predicted octanol–water partition coefficient (Wildman–Crippen LogP) is 3.75. The maximum Gasteiger partial charge on any atom is 0.297 e. The summed E-state index contributed by atoms with van der Waals surface area (Å²) in [5, 5.41) is 8.58. The van der Waals surface area contributed by atoms with Gasteiger partial charge in [0, 0.05) is 43.4 Å². The Morgan fingerprint density at radius 1 is 1.06 bits per heavy atom. The minimum Gasteiger partial charge on any atom is -0.455 e. The van der Waals surface area contributed by atoms with E-state index in [0.717, 1.165) is 5.39 Å². The molecule has 1 aliphatic rings. The zero-order chi connectivity index (χ0) is 21.6. The fraction of sp³-hybridized carbons (Fsp3) is 0.261. The topological polar surface area (TPSA) is 69.0 Å². The van der Waals surface area contributed by atoms with Gasteiger partial charge in [-0.25, -0.2) is 13.8 Å². The molecule has 2 aromatic carbocycles. The van der Waals surface area contributed by atoms with E-state index in [0.29, 0.717) is 16.4 Å². The summed E-state index contributed by atoms with van der Waals surface area (Å²) in [4.78, 5) is 18.1. The second-order valence-electron chi connectivity index (χ2n) is 7.72. The second kappa shape index (κ2) is 7.09. The molecule has 0 bridgehead atoms. The molecule has 0 spiro atoms. The monoisotopic (exact) mass is 422 g/mol. The lowest BCUT2D eigenvalue weighted by Crippen LogP contribution is -2.67. The Balaban J connectivity index is 1.65. The highest BCUT2D eigenvalue weighted by Crippen LogP contribution is 2.41. The number of nitrogens with zero attached hydrogens (tertiary/aromatic N) is 3. The Hall–Kier alpha value is -3.39. The Kier molecular flexibility index (Phi) is 4.48. The van der Waals surface area contributed by atoms with E-state index < -0.39 is 23.7 Å². The van der Waals surface area contributed by atoms with Crippen molar-refractivity contribution in [3.8, 4) is 5.88 Å². The number of ketones is 1. The van der Waals surface area contributed by atoms with Gasteiger partial charge in [-0.3, -0.25) is 9.48 Å². The molecule has 8 heteroatoms. The van der Waals surface area contributed by atoms with Gasteiger partial charge in [0.25, 0.3) is 5.92 Å². The first-order valence-electron chi connectivity index (χ1n) is 10.0. The summed E-state index contributed by atoms with van der Waals surface area (Å²) >= 11 is 0. The number of hydrogen-bond acceptors (Lipinski definition) is 5. The van der Waals surface area contributed by atoms with E-state index >= 15 is 8.78 Å². The highest BCUT2D eigenvalue weighted by atomic mass is 19.3. The third-order valence-electron chi connectivity index (χ3n) is 5.75. The smallest absolute Gasteiger partial charge is 0.297 e. The molecule has 5 rings (SSSR count). The van der Waals surface area contributed by atoms with Crippen LogP contribution in [0.1, 0.15) is 16.9 Å². The molecule has 1 saturated heterocycles. The zero-order valence-electron chi connectivity index (χ0n) is 16.8. The van der Waals surface area contributed by atoms with Gasteiger partial charge in [-0.05, 0) is 18.2 Å². The van der Waals surface area contributed by atoms with Crippen molar-refractivity contribution in [1.82, 2.24) is 20.1 Å². The van der Waals surface area contributed by atoms with Crippen molar-refractivity contribution in [1.29, 1.82) is 0 Å². The Morgan fingerprint density at radius 2 is 1.81 bits per heavy atom. The minimum atomic E-state index is -3.41. The van der Waals surface area contributed by atoms with Crippen LogP contribution in [0, 0.1) is 0 Å². The summed E-state index contributed by atoms with van der Waals surface area (Å²) in [5.41, 5.74) is -1.21. The number of aromatic nitrogens is 3. The van der Waals surface area contributed by atoms with Crippen LogP contribution in [0.3, 0.4) is 0 Å². The normalized spacial score (nSPS) is 20.7. The largest absolute Gasteiger partial charge is 0.455 e. The number of fused-ring (bicyclic) bond motifs is 2. The average molecular weight is 422 g/mol. The number of nitrogens with one attached hydrogen (secondary N) is 1. The molecule has 158 valence electrons. The molecular weight excluding hydrogens is 402 g/mol. The van der Waals surface area contributed by atoms with Crippen LogP contribution in [-0.2, 0) is 7.05 Å². The van der Waals surface area contributed by atoms with Crippen molar-refractivity contribution in [2.45, 2.75) is 17.9 Å². The van der Waals surface area contributed by atoms with Crippen LogP contribution in [-0.4, -0.2) is 45.2 Å². The number of pyridine rings is 1. The molecule has 0 aliphatic carbocycles. The summed E-state index contributed by atoms with van der Waals surface area (Å²) in [6.07, 6.45) is -0.526. The fourth-order valence-electron chi connectivity index (χ4n) is 4.13. The molecule has 6 nitrogen and oxygen atoms in total. The fourth-order valence-corrected chi connectivity index (χ4v) is 4.13. The number of aryl methyl sites for hydroxylation is 1. The Morgan fingerprint density at radius 3 is 2.61 bits per heavy atom. The van der Waals surface area contributed by atoms with Gasteiger partial charge >= 0.3 is 0 Å². The Bertz CT molecular complexity index is 1300. The molecule has 1 atom stereocenters. The van der Waals surface area contributed by atoms with E-state index in [-0.39, 0.29) is 24.7 Å². The van der Waals surface area contributed by atoms with Crippen molar-refractivity contribution in [3.63, 3.8) is 0 Å². The quantitative estimate of drug-likeness (QED) is 0.508. The second-order valence-corrected chi connectivity index (χ2v) is 7.72. The van der Waals surface area contributed by atoms with E-state index in [2.05, 4.69) is 15.4 Å². The third kappa shape index (κ3) is 3.06. The maximum absolute atomic E-state index is 15.5. The molecule has 31 heavy (non-hydrogen) atoms. The zero-order valence-corrected chi connectivity index (χ0v) is 16.8. The number of carbonyl (C=O) groups excluding carboxylic acids is 1. The maximum atomic E-state index is 15.5. The number of carbonyl (C=O) groups is 1. The number of Topliss-reactive ketones (excluding diaryl/α,β-unsaturated/α-hetero) is 1. The highest BCUT2D eigenvalue weighted by Gasteiger charge is 2.63. The van der Waals surface area contributed by atoms with Crippen LogP contribution in [0.2, 0.25) is 0 Å². The van der Waals surface area contributed by atoms with Gasteiger partial charge in [0.05, 0.1) is 11.0 Å². The molecule has 1 fully saturated rings. The summed E-state index contributed by atoms with van der Waals surface area (Å²) in [5.74, 6) is -4.26. The van der Waals surface area contributed by atoms with E-state index in [4.69, 9.17) is 4.74 Å². The summed E-state index contributed by atoms with van der Waals surface area (Å²) < 4.78 is 38.1. The summed E-state index contributed by atoms with van der Waals surface area (Å²) in [6, 6.07) is 17.5. The average Bonchev–Trinajstić information content (AvgIpc) is 3.10. The van der Waals surface area contributed by atoms with E-state index in [1.807, 2.05) is 12.1 Å². The summed E-state index contributed by atoms with van der Waals surface area (Å²) in [7, 11) is 1.57. The van der Waals surface area contributed by atoms with Gasteiger partial charge in [-0.15, -0.1) is 0 Å². The first-order valence-corrected chi connectivity index (χ1v) is 10.0. The molecular formula is C23H20F2N4O2. The van der Waals surface area contributed by atoms with Crippen molar-refractivity contribution >= 4 is 27.6 Å². The van der Waals surface area contributed by atoms with E-state index in [1.165, 1.54) is 10.7 Å². The van der Waals surface area contributed by atoms with Crippen LogP contribution in [0.4, 0.5) is 8.78 Å². The standard InChI is InChI=1S/C23H20F2N4O2/c1-29-20(16-7-3-5-9-18(16)28-29)21(30)22(14-26-13-12-23(22,24)25)31-19-11-10-15-6-2-4-8-17(15)27-19/h2-11,26H,12-14H2,1H3/t22-/m0/s1. The molecule has 2 aromatic heterocycles. The van der Waals surface area contributed by atoms with Gasteiger partial charge in [0.15, 0.2) is 0 Å². The van der Waals surface area contributed by atoms with Crippen molar-refractivity contribution in [2.75, 3.05) is 13.1 Å². The van der Waals surface area contributed by atoms with Crippen LogP contribution < -0.4 is 10.1 Å². The molecule has 3 heterocycles. The molecule has 0 unspecified atom stereocenters. The first-order chi connectivity index (χ1) is 14.9. The Labute approximate surface area is 176 Å². The van der Waals surface area contributed by atoms with Gasteiger partial charge < -0.3 is 10.1 Å². The lowest BCUT2D eigenvalue weighted by Gasteiger charge is -2.42. The SMILES string of the molecule is Cn1nc2ccccc2c1C(=O)[C@@]1(Oc2ccc3ccccc3n2)CNCCC1(F)F. The third-order valence-corrected chi connectivity index (χ3v) is 5.75. The number of benzene rings is 2. The van der Waals surface area contributed by atoms with Crippen molar-refractivity contribution < 1.29 is 18.3 Å². The van der Waals surface area contributed by atoms with Gasteiger partial charge in [-0.2, -0.15) is 5.10 Å². The molecule has 4 aromatic rings. The van der Waals surface area contributed by atoms with E-state index in [9.17, 15) is 4.79 Å². The van der Waals surface area contributed by atoms with Crippen molar-refractivity contribution in [3.05, 3.63) is 66.4 Å². The predicted molar refractivity (Wildman–Crippen MR) is 113 cm³/mol. The molecule has 0 amide bonds. The first kappa shape index (κ1) is 19.6. The lowest BCUT2D eigenvalue weighted by molar-refractivity contribution is -0.155. The van der Waals surface area contributed by atoms with E-state index in [1.54, 1.807) is 49.5 Å². The molecule has 1 N–H and O–H groups in total. The van der Waals surface area contributed by atoms with Gasteiger partial charge in [0.1, 0.15) is 5.69 Å². The van der Waals surface area contributed by atoms with Gasteiger partial charge in [0.2, 0.25) is 17.3 Å². The number of piperidine rings is 1. The minimum absolute atomic E-state index is 0.0260. The number of rotatable bonds is 4. The lowest BCUT2D eigenvalue weighted by atomic mass is 9.83. The van der Waals surface area contributed by atoms with Crippen LogP contribution in [0.15, 0.2) is 60.7 Å². The highest BCUT2D eigenvalue weighted by molar-refractivity contribution is 6.11. The molecule has 0 radical (unpaired) electrons. The number of ether oxygens (including phenoxy) is 1. The summed E-state index contributed by atoms with van der Waals surface area (Å²) in [6.45, 7) is -0.254. The number of halogens is 2. The number of hydrogen-bond donors (Lipinski definition) is 1. The molecule has 1 aliphatic heterocycles. The van der Waals surface area contributed by atoms with Crippen LogP contribution in [0.25, 0.3) is 21.8 Å². The van der Waals surface area contributed by atoms with Crippen LogP contribution >= 0.6 is 0 Å². The molecule has 0 saturated carbocycles. The van der Waals surface area contributed by atoms with Crippen LogP contribution in [0.5, 0.6) is 5.88 Å². The number of para-hydroxylation sites is 1.